The lowest BCUT2D eigenvalue weighted by Gasteiger charge is -2.39. The highest BCUT2D eigenvalue weighted by Crippen LogP contribution is 2.37. The quantitative estimate of drug-likeness (QED) is 0.807. The molecule has 27 heavy (non-hydrogen) atoms. The zero-order valence-electron chi connectivity index (χ0n) is 14.5. The molecule has 140 valence electrons. The van der Waals surface area contributed by atoms with Crippen LogP contribution in [0.2, 0.25) is 0 Å². The summed E-state index contributed by atoms with van der Waals surface area (Å²) >= 11 is 0. The first-order chi connectivity index (χ1) is 13.0. The third-order valence-corrected chi connectivity index (χ3v) is 5.39. The molecule has 2 aromatic rings. The van der Waals surface area contributed by atoms with Crippen LogP contribution in [0.1, 0.15) is 24.1 Å². The Bertz CT molecular complexity index is 876. The minimum atomic E-state index is -4.45. The molecule has 0 bridgehead atoms. The molecule has 4 rings (SSSR count). The summed E-state index contributed by atoms with van der Waals surface area (Å²) in [5, 5.41) is 9.33. The summed E-state index contributed by atoms with van der Waals surface area (Å²) in [6.07, 6.45) is -0.947. The maximum absolute atomic E-state index is 13.0. The smallest absolute Gasteiger partial charge is 0.353 e. The summed E-state index contributed by atoms with van der Waals surface area (Å²) in [4.78, 5) is 12.2. The Kier molecular flexibility index (Phi) is 4.38. The second-order valence-corrected chi connectivity index (χ2v) is 6.91. The van der Waals surface area contributed by atoms with E-state index in [2.05, 4.69) is 20.9 Å². The van der Waals surface area contributed by atoms with Gasteiger partial charge in [0.15, 0.2) is 0 Å². The van der Waals surface area contributed by atoms with Crippen LogP contribution in [-0.4, -0.2) is 35.6 Å². The fraction of sp³-hybridized carbons (Fsp3) is 0.421. The molecule has 0 aliphatic carbocycles. The lowest BCUT2D eigenvalue weighted by Crippen LogP contribution is -2.49. The summed E-state index contributed by atoms with van der Waals surface area (Å²) in [6.45, 7) is 2.09. The maximum atomic E-state index is 13.0. The summed E-state index contributed by atoms with van der Waals surface area (Å²) in [5.74, 6) is 1.41. The van der Waals surface area contributed by atoms with E-state index in [0.29, 0.717) is 36.2 Å². The van der Waals surface area contributed by atoms with Crippen molar-refractivity contribution in [2.45, 2.75) is 25.1 Å². The van der Waals surface area contributed by atoms with Crippen molar-refractivity contribution in [3.05, 3.63) is 47.8 Å². The van der Waals surface area contributed by atoms with E-state index in [4.69, 9.17) is 0 Å². The summed E-state index contributed by atoms with van der Waals surface area (Å²) in [7, 11) is 0. The second kappa shape index (κ2) is 6.72. The predicted molar refractivity (Wildman–Crippen MR) is 94.3 cm³/mol. The average molecular weight is 373 g/mol. The second-order valence-electron chi connectivity index (χ2n) is 6.91. The van der Waals surface area contributed by atoms with Gasteiger partial charge in [0.1, 0.15) is 23.4 Å². The molecule has 2 aromatic heterocycles. The van der Waals surface area contributed by atoms with Crippen molar-refractivity contribution < 1.29 is 13.2 Å². The van der Waals surface area contributed by atoms with Gasteiger partial charge >= 0.3 is 6.18 Å². The fourth-order valence-corrected chi connectivity index (χ4v) is 4.09. The van der Waals surface area contributed by atoms with Gasteiger partial charge in [0.05, 0.1) is 11.6 Å². The summed E-state index contributed by atoms with van der Waals surface area (Å²) in [5.41, 5.74) is -0.356. The highest BCUT2D eigenvalue weighted by molar-refractivity contribution is 5.55. The number of anilines is 2. The Morgan fingerprint density at radius 2 is 1.93 bits per heavy atom. The first-order valence-electron chi connectivity index (χ1n) is 8.88. The molecule has 8 heteroatoms. The molecule has 2 atom stereocenters. The Morgan fingerprint density at radius 1 is 1.11 bits per heavy atom. The van der Waals surface area contributed by atoms with E-state index in [-0.39, 0.29) is 6.04 Å². The molecule has 5 nitrogen and oxygen atoms in total. The molecular formula is C19H18F3N5. The van der Waals surface area contributed by atoms with Crippen molar-refractivity contribution in [1.82, 2.24) is 9.97 Å². The van der Waals surface area contributed by atoms with Crippen LogP contribution in [0.4, 0.5) is 24.8 Å². The van der Waals surface area contributed by atoms with Crippen LogP contribution in [0, 0.1) is 17.2 Å². The summed E-state index contributed by atoms with van der Waals surface area (Å²) < 4.78 is 39.1. The highest BCUT2D eigenvalue weighted by atomic mass is 19.4. The largest absolute Gasteiger partial charge is 0.433 e. The number of piperidine rings is 1. The Morgan fingerprint density at radius 3 is 2.70 bits per heavy atom. The van der Waals surface area contributed by atoms with Gasteiger partial charge in [-0.15, -0.1) is 0 Å². The van der Waals surface area contributed by atoms with Gasteiger partial charge in [-0.25, -0.2) is 9.97 Å². The van der Waals surface area contributed by atoms with E-state index >= 15 is 0 Å². The zero-order chi connectivity index (χ0) is 19.0. The Hall–Kier alpha value is -2.82. The molecule has 2 aliphatic rings. The van der Waals surface area contributed by atoms with Crippen LogP contribution >= 0.6 is 0 Å². The van der Waals surface area contributed by atoms with Gasteiger partial charge < -0.3 is 9.80 Å². The SMILES string of the molecule is N#Cc1cccnc1N1CCC2CCN(c3cccc(C(F)(F)F)n3)C2C1. The van der Waals surface area contributed by atoms with Crippen molar-refractivity contribution in [2.75, 3.05) is 29.4 Å². The van der Waals surface area contributed by atoms with E-state index in [1.54, 1.807) is 24.4 Å². The van der Waals surface area contributed by atoms with Crippen molar-refractivity contribution in [3.8, 4) is 6.07 Å². The molecule has 4 heterocycles. The van der Waals surface area contributed by atoms with E-state index in [1.807, 2.05) is 4.90 Å². The van der Waals surface area contributed by atoms with Gasteiger partial charge in [0.25, 0.3) is 0 Å². The minimum absolute atomic E-state index is 0.0586. The molecule has 0 saturated carbocycles. The van der Waals surface area contributed by atoms with Crippen molar-refractivity contribution >= 4 is 11.6 Å². The maximum Gasteiger partial charge on any atom is 0.433 e. The first kappa shape index (κ1) is 17.6. The normalized spacial score (nSPS) is 22.4. The lowest BCUT2D eigenvalue weighted by molar-refractivity contribution is -0.141. The molecule has 0 radical (unpaired) electrons. The molecule has 2 unspecified atom stereocenters. The van der Waals surface area contributed by atoms with Crippen molar-refractivity contribution in [2.24, 2.45) is 5.92 Å². The fourth-order valence-electron chi connectivity index (χ4n) is 4.09. The van der Waals surface area contributed by atoms with E-state index in [1.165, 1.54) is 6.07 Å². The number of nitrogens with zero attached hydrogens (tertiary/aromatic N) is 5. The lowest BCUT2D eigenvalue weighted by atomic mass is 9.92. The van der Waals surface area contributed by atoms with Crippen LogP contribution in [0.25, 0.3) is 0 Å². The number of aromatic nitrogens is 2. The van der Waals surface area contributed by atoms with Crippen LogP contribution in [0.3, 0.4) is 0 Å². The molecule has 2 aliphatic heterocycles. The number of fused-ring (bicyclic) bond motifs is 1. The predicted octanol–water partition coefficient (Wildman–Crippen LogP) is 3.47. The standard InChI is InChI=1S/C19H18F3N5/c20-19(21,22)16-4-1-5-17(25-16)27-10-7-13-6-9-26(12-15(13)27)18-14(11-23)3-2-8-24-18/h1-5,8,13,15H,6-7,9-10,12H2. The van der Waals surface area contributed by atoms with E-state index in [9.17, 15) is 18.4 Å². The van der Waals surface area contributed by atoms with Gasteiger partial charge in [-0.3, -0.25) is 0 Å². The molecule has 0 aromatic carbocycles. The van der Waals surface area contributed by atoms with Gasteiger partial charge in [-0.05, 0) is 43.0 Å². The van der Waals surface area contributed by atoms with Crippen LogP contribution in [0.5, 0.6) is 0 Å². The Balaban J connectivity index is 1.60. The number of alkyl halides is 3. The van der Waals surface area contributed by atoms with Gasteiger partial charge in [-0.1, -0.05) is 6.07 Å². The molecular weight excluding hydrogens is 355 g/mol. The van der Waals surface area contributed by atoms with Gasteiger partial charge in [0.2, 0.25) is 0 Å². The first-order valence-corrected chi connectivity index (χ1v) is 8.88. The van der Waals surface area contributed by atoms with Crippen LogP contribution in [-0.2, 0) is 6.18 Å². The van der Waals surface area contributed by atoms with E-state index < -0.39 is 11.9 Å². The zero-order valence-corrected chi connectivity index (χ0v) is 14.5. The summed E-state index contributed by atoms with van der Waals surface area (Å²) in [6, 6.07) is 9.72. The third-order valence-electron chi connectivity index (χ3n) is 5.39. The van der Waals surface area contributed by atoms with E-state index in [0.717, 1.165) is 25.5 Å². The monoisotopic (exact) mass is 373 g/mol. The number of pyridine rings is 2. The third kappa shape index (κ3) is 3.29. The average Bonchev–Trinajstić information content (AvgIpc) is 3.10. The minimum Gasteiger partial charge on any atom is -0.353 e. The van der Waals surface area contributed by atoms with Gasteiger partial charge in [0, 0.05) is 25.8 Å². The van der Waals surface area contributed by atoms with Crippen molar-refractivity contribution in [1.29, 1.82) is 5.26 Å². The molecule has 0 amide bonds. The number of hydrogen-bond acceptors (Lipinski definition) is 5. The molecule has 0 N–H and O–H groups in total. The number of hydrogen-bond donors (Lipinski definition) is 0. The van der Waals surface area contributed by atoms with Crippen molar-refractivity contribution in [3.63, 3.8) is 0 Å². The number of halogens is 3. The van der Waals surface area contributed by atoms with Gasteiger partial charge in [-0.2, -0.15) is 18.4 Å². The molecule has 2 fully saturated rings. The highest BCUT2D eigenvalue weighted by Gasteiger charge is 2.40. The Labute approximate surface area is 155 Å². The topological polar surface area (TPSA) is 56.1 Å². The molecule has 2 saturated heterocycles. The molecule has 0 spiro atoms. The number of nitriles is 1. The van der Waals surface area contributed by atoms with Crippen LogP contribution in [0.15, 0.2) is 36.5 Å². The number of rotatable bonds is 2. The van der Waals surface area contributed by atoms with Crippen LogP contribution < -0.4 is 9.80 Å².